The highest BCUT2D eigenvalue weighted by molar-refractivity contribution is 7.46. The predicted octanol–water partition coefficient (Wildman–Crippen LogP) is 6.74. The van der Waals surface area contributed by atoms with Gasteiger partial charge in [0, 0.05) is 17.3 Å². The van der Waals surface area contributed by atoms with Crippen molar-refractivity contribution in [3.8, 4) is 5.75 Å². The molecule has 3 atom stereocenters. The number of halogens is 3. The SMILES string of the molecule is O=C1C(CCC(O)c2ccc(F)cc2F)C(c2ccc(OCCCCNCCCCCCOP(=O)(O)O)cc2)N1c1ccc(F)cc1. The Kier molecular flexibility index (Phi) is 13.8. The number of nitrogens with one attached hydrogen (secondary N) is 1. The molecule has 4 N–H and O–H groups in total. The summed E-state index contributed by atoms with van der Waals surface area (Å²) in [6.07, 6.45) is 4.32. The van der Waals surface area contributed by atoms with Crippen LogP contribution in [0.2, 0.25) is 0 Å². The number of phosphoric ester groups is 1. The Labute approximate surface area is 273 Å². The van der Waals surface area contributed by atoms with Crippen molar-refractivity contribution in [1.29, 1.82) is 0 Å². The summed E-state index contributed by atoms with van der Waals surface area (Å²) in [6, 6.07) is 15.7. The molecule has 256 valence electrons. The number of carbonyl (C=O) groups excluding carboxylic acids is 1. The van der Waals surface area contributed by atoms with Crippen LogP contribution in [0.4, 0.5) is 18.9 Å². The van der Waals surface area contributed by atoms with Gasteiger partial charge in [0.05, 0.1) is 31.3 Å². The van der Waals surface area contributed by atoms with Crippen molar-refractivity contribution in [2.24, 2.45) is 5.92 Å². The lowest BCUT2D eigenvalue weighted by molar-refractivity contribution is -0.131. The number of carbonyl (C=O) groups is 1. The van der Waals surface area contributed by atoms with E-state index in [0.29, 0.717) is 24.5 Å². The number of aliphatic hydroxyl groups excluding tert-OH is 1. The number of aliphatic hydroxyl groups is 1. The first kappa shape index (κ1) is 36.6. The van der Waals surface area contributed by atoms with Crippen LogP contribution < -0.4 is 15.0 Å². The van der Waals surface area contributed by atoms with Crippen LogP contribution in [0.15, 0.2) is 66.7 Å². The molecule has 3 aromatic rings. The van der Waals surface area contributed by atoms with E-state index in [-0.39, 0.29) is 37.0 Å². The molecular formula is C34H42F3N2O7P. The summed E-state index contributed by atoms with van der Waals surface area (Å²) in [5.41, 5.74) is 1.36. The van der Waals surface area contributed by atoms with Crippen molar-refractivity contribution in [2.75, 3.05) is 31.2 Å². The van der Waals surface area contributed by atoms with Crippen molar-refractivity contribution in [2.45, 2.75) is 63.5 Å². The fourth-order valence-electron chi connectivity index (χ4n) is 5.68. The molecule has 0 radical (unpaired) electrons. The molecule has 1 fully saturated rings. The Balaban J connectivity index is 1.23. The quantitative estimate of drug-likeness (QED) is 0.0588. The molecule has 0 saturated carbocycles. The molecule has 0 aromatic heterocycles. The van der Waals surface area contributed by atoms with Gasteiger partial charge in [0.2, 0.25) is 5.91 Å². The van der Waals surface area contributed by atoms with Gasteiger partial charge >= 0.3 is 7.82 Å². The fourth-order valence-corrected chi connectivity index (χ4v) is 6.05. The summed E-state index contributed by atoms with van der Waals surface area (Å²) in [5.74, 6) is -2.00. The number of phosphoric acid groups is 1. The monoisotopic (exact) mass is 678 g/mol. The van der Waals surface area contributed by atoms with Gasteiger partial charge in [-0.15, -0.1) is 0 Å². The minimum Gasteiger partial charge on any atom is -0.494 e. The van der Waals surface area contributed by atoms with E-state index in [1.54, 1.807) is 17.0 Å². The van der Waals surface area contributed by atoms with E-state index in [1.807, 2.05) is 24.3 Å². The molecule has 1 aliphatic heterocycles. The average Bonchev–Trinajstić information content (AvgIpc) is 3.02. The van der Waals surface area contributed by atoms with Crippen molar-refractivity contribution in [3.05, 3.63) is 95.3 Å². The Morgan fingerprint density at radius 1 is 0.830 bits per heavy atom. The molecule has 1 amide bonds. The summed E-state index contributed by atoms with van der Waals surface area (Å²) in [5, 5.41) is 14.0. The van der Waals surface area contributed by atoms with Gasteiger partial charge in [-0.2, -0.15) is 0 Å². The van der Waals surface area contributed by atoms with Crippen molar-refractivity contribution < 1.29 is 46.7 Å². The predicted molar refractivity (Wildman–Crippen MR) is 171 cm³/mol. The Morgan fingerprint density at radius 3 is 2.15 bits per heavy atom. The second kappa shape index (κ2) is 17.8. The minimum absolute atomic E-state index is 0.0239. The van der Waals surface area contributed by atoms with Crippen molar-refractivity contribution >= 4 is 19.4 Å². The van der Waals surface area contributed by atoms with Gasteiger partial charge in [0.25, 0.3) is 0 Å². The summed E-state index contributed by atoms with van der Waals surface area (Å²) < 4.78 is 62.1. The first-order valence-corrected chi connectivity index (χ1v) is 17.4. The zero-order valence-corrected chi connectivity index (χ0v) is 27.0. The van der Waals surface area contributed by atoms with Gasteiger partial charge in [-0.25, -0.2) is 17.7 Å². The lowest BCUT2D eigenvalue weighted by Crippen LogP contribution is -2.55. The lowest BCUT2D eigenvalue weighted by Gasteiger charge is -2.48. The van der Waals surface area contributed by atoms with Gasteiger partial charge in [0.1, 0.15) is 23.2 Å². The summed E-state index contributed by atoms with van der Waals surface area (Å²) in [7, 11) is -4.37. The largest absolute Gasteiger partial charge is 0.494 e. The zero-order chi connectivity index (χ0) is 33.8. The number of hydrogen-bond donors (Lipinski definition) is 4. The molecule has 9 nitrogen and oxygen atoms in total. The molecule has 0 aliphatic carbocycles. The summed E-state index contributed by atoms with van der Waals surface area (Å²) >= 11 is 0. The third-order valence-corrected chi connectivity index (χ3v) is 8.66. The molecule has 1 aliphatic rings. The Bertz CT molecular complexity index is 1470. The van der Waals surface area contributed by atoms with Crippen LogP contribution >= 0.6 is 7.82 Å². The number of anilines is 1. The van der Waals surface area contributed by atoms with Gasteiger partial charge in [-0.3, -0.25) is 9.32 Å². The highest BCUT2D eigenvalue weighted by Crippen LogP contribution is 2.46. The van der Waals surface area contributed by atoms with E-state index in [0.717, 1.165) is 62.9 Å². The van der Waals surface area contributed by atoms with Crippen LogP contribution in [0.25, 0.3) is 0 Å². The smallest absolute Gasteiger partial charge is 0.469 e. The number of unbranched alkanes of at least 4 members (excludes halogenated alkanes) is 4. The van der Waals surface area contributed by atoms with Crippen molar-refractivity contribution in [1.82, 2.24) is 5.32 Å². The molecule has 0 bridgehead atoms. The number of rotatable bonds is 20. The highest BCUT2D eigenvalue weighted by atomic mass is 31.2. The second-order valence-electron chi connectivity index (χ2n) is 11.6. The number of benzene rings is 3. The number of hydrogen-bond acceptors (Lipinski definition) is 6. The van der Waals surface area contributed by atoms with Crippen LogP contribution in [0.3, 0.4) is 0 Å². The third kappa shape index (κ3) is 11.2. The van der Waals surface area contributed by atoms with Crippen LogP contribution in [0.1, 0.15) is 74.6 Å². The van der Waals surface area contributed by atoms with E-state index < -0.39 is 37.3 Å². The lowest BCUT2D eigenvalue weighted by atomic mass is 9.78. The number of β-lactam (4-membered cyclic amide) rings is 1. The highest BCUT2D eigenvalue weighted by Gasteiger charge is 2.48. The van der Waals surface area contributed by atoms with Crippen LogP contribution in [-0.2, 0) is 13.9 Å². The number of amides is 1. The molecule has 1 heterocycles. The standard InChI is InChI=1S/C34H42F3N2O7P/c35-25-9-12-27(13-10-25)39-33(30(34(39)41)17-18-32(40)29-16-11-26(36)23-31(29)37)24-7-14-28(15-8-24)45-21-6-4-20-38-19-3-1-2-5-22-46-47(42,43)44/h7-16,23,30,32-33,38,40H,1-6,17-22H2,(H2,42,43,44). The molecule has 47 heavy (non-hydrogen) atoms. The van der Waals surface area contributed by atoms with E-state index in [1.165, 1.54) is 18.2 Å². The van der Waals surface area contributed by atoms with Gasteiger partial charge in [-0.05, 0) is 99.6 Å². The first-order valence-electron chi connectivity index (χ1n) is 15.9. The summed E-state index contributed by atoms with van der Waals surface area (Å²) in [6.45, 7) is 2.31. The third-order valence-electron chi connectivity index (χ3n) is 8.14. The molecule has 0 spiro atoms. The van der Waals surface area contributed by atoms with Crippen molar-refractivity contribution in [3.63, 3.8) is 0 Å². The number of ether oxygens (including phenoxy) is 1. The summed E-state index contributed by atoms with van der Waals surface area (Å²) in [4.78, 5) is 32.2. The molecule has 13 heteroatoms. The topological polar surface area (TPSA) is 129 Å². The van der Waals surface area contributed by atoms with E-state index in [4.69, 9.17) is 14.5 Å². The fraction of sp³-hybridized carbons (Fsp3) is 0.441. The molecule has 4 rings (SSSR count). The average molecular weight is 679 g/mol. The van der Waals surface area contributed by atoms with Crippen LogP contribution in [0, 0.1) is 23.4 Å². The zero-order valence-electron chi connectivity index (χ0n) is 26.1. The van der Waals surface area contributed by atoms with Crippen LogP contribution in [0.5, 0.6) is 5.75 Å². The normalized spacial score (nSPS) is 17.1. The maximum Gasteiger partial charge on any atom is 0.469 e. The minimum atomic E-state index is -4.37. The number of nitrogens with zero attached hydrogens (tertiary/aromatic N) is 1. The molecule has 3 aromatic carbocycles. The van der Waals surface area contributed by atoms with E-state index in [9.17, 15) is 27.6 Å². The first-order chi connectivity index (χ1) is 22.5. The van der Waals surface area contributed by atoms with Gasteiger partial charge in [0.15, 0.2) is 0 Å². The Hall–Kier alpha value is -3.25. The Morgan fingerprint density at radius 2 is 1.47 bits per heavy atom. The molecule has 3 unspecified atom stereocenters. The van der Waals surface area contributed by atoms with Gasteiger partial charge < -0.3 is 29.8 Å². The van der Waals surface area contributed by atoms with Gasteiger partial charge in [-0.1, -0.05) is 31.0 Å². The maximum atomic E-state index is 14.2. The van der Waals surface area contributed by atoms with E-state index in [2.05, 4.69) is 9.84 Å². The van der Waals surface area contributed by atoms with Crippen LogP contribution in [-0.4, -0.2) is 47.1 Å². The maximum absolute atomic E-state index is 14.2. The molecule has 1 saturated heterocycles. The van der Waals surface area contributed by atoms with E-state index >= 15 is 0 Å². The second-order valence-corrected chi connectivity index (χ2v) is 12.8. The molecular weight excluding hydrogens is 636 g/mol.